The van der Waals surface area contributed by atoms with Crippen LogP contribution in [-0.4, -0.2) is 30.8 Å². The number of aliphatic hydroxyl groups is 1. The molecule has 106 valence electrons. The molecule has 0 aromatic rings. The zero-order valence-corrected chi connectivity index (χ0v) is 11.4. The van der Waals surface area contributed by atoms with Crippen molar-refractivity contribution in [2.75, 3.05) is 19.7 Å². The largest absolute Gasteiger partial charge is 1.00 e. The van der Waals surface area contributed by atoms with Gasteiger partial charge in [0.15, 0.2) is 0 Å². The van der Waals surface area contributed by atoms with Gasteiger partial charge >= 0.3 is 23.0 Å². The summed E-state index contributed by atoms with van der Waals surface area (Å²) in [6, 6.07) is 0. The predicted octanol–water partition coefficient (Wildman–Crippen LogP) is 2.01. The SMILES string of the molecule is CCCCCCCC(=O)OCCNC[CH-]O.[Cu+]. The van der Waals surface area contributed by atoms with Crippen LogP contribution in [0.5, 0.6) is 0 Å². The summed E-state index contributed by atoms with van der Waals surface area (Å²) < 4.78 is 5.00. The van der Waals surface area contributed by atoms with Crippen molar-refractivity contribution in [2.45, 2.75) is 45.4 Å². The van der Waals surface area contributed by atoms with Crippen LogP contribution in [0.2, 0.25) is 0 Å². The van der Waals surface area contributed by atoms with Crippen LogP contribution in [0.25, 0.3) is 0 Å². The number of rotatable bonds is 11. The molecule has 0 aliphatic rings. The molecule has 0 radical (unpaired) electrons. The number of aliphatic hydroxyl groups excluding tert-OH is 1. The van der Waals surface area contributed by atoms with Crippen molar-refractivity contribution >= 4 is 5.97 Å². The van der Waals surface area contributed by atoms with Crippen molar-refractivity contribution < 1.29 is 31.7 Å². The summed E-state index contributed by atoms with van der Waals surface area (Å²) in [5, 5.41) is 11.3. The molecule has 17 heavy (non-hydrogen) atoms. The van der Waals surface area contributed by atoms with Crippen molar-refractivity contribution in [3.05, 3.63) is 6.61 Å². The van der Waals surface area contributed by atoms with Crippen LogP contribution >= 0.6 is 0 Å². The monoisotopic (exact) mass is 293 g/mol. The topological polar surface area (TPSA) is 58.6 Å². The molecular weight excluding hydrogens is 270 g/mol. The molecule has 0 unspecified atom stereocenters. The maximum absolute atomic E-state index is 11.2. The summed E-state index contributed by atoms with van der Waals surface area (Å²) in [7, 11) is 0. The Morgan fingerprint density at radius 3 is 2.65 bits per heavy atom. The first-order chi connectivity index (χ1) is 7.81. The van der Waals surface area contributed by atoms with Gasteiger partial charge in [0.05, 0.1) is 0 Å². The third-order valence-electron chi connectivity index (χ3n) is 2.26. The Labute approximate surface area is 115 Å². The Hall–Kier alpha value is -0.0905. The van der Waals surface area contributed by atoms with Crippen molar-refractivity contribution in [3.63, 3.8) is 0 Å². The normalized spacial score (nSPS) is 9.76. The maximum atomic E-state index is 11.2. The van der Waals surface area contributed by atoms with Crippen LogP contribution in [0.15, 0.2) is 0 Å². The van der Waals surface area contributed by atoms with E-state index in [0.29, 0.717) is 26.1 Å². The molecule has 0 heterocycles. The standard InChI is InChI=1S/C12H24NO3.Cu/c1-2-3-4-5-6-7-12(15)16-11-9-13-8-10-14;/h10,13-14H,2-9,11H2,1H3;/q-1;+1. The second-order valence-electron chi connectivity index (χ2n) is 3.77. The average molecular weight is 294 g/mol. The molecular formula is C12H24CuNO3. The van der Waals surface area contributed by atoms with Gasteiger partial charge in [-0.25, -0.2) is 6.61 Å². The Kier molecular flexibility index (Phi) is 18.0. The number of hydrogen-bond donors (Lipinski definition) is 2. The van der Waals surface area contributed by atoms with Crippen LogP contribution in [0.4, 0.5) is 0 Å². The van der Waals surface area contributed by atoms with E-state index < -0.39 is 0 Å². The van der Waals surface area contributed by atoms with Gasteiger partial charge in [-0.2, -0.15) is 0 Å². The van der Waals surface area contributed by atoms with Crippen molar-refractivity contribution in [1.82, 2.24) is 5.32 Å². The number of nitrogens with one attached hydrogen (secondary N) is 1. The van der Waals surface area contributed by atoms with E-state index in [-0.39, 0.29) is 23.0 Å². The van der Waals surface area contributed by atoms with Gasteiger partial charge in [-0.05, 0) is 6.42 Å². The average Bonchev–Trinajstić information content (AvgIpc) is 2.28. The second-order valence-corrected chi connectivity index (χ2v) is 3.77. The summed E-state index contributed by atoms with van der Waals surface area (Å²) >= 11 is 0. The number of carbonyl (C=O) groups is 1. The Bertz CT molecular complexity index is 152. The molecule has 0 rings (SSSR count). The van der Waals surface area contributed by atoms with E-state index in [0.717, 1.165) is 19.4 Å². The van der Waals surface area contributed by atoms with Gasteiger partial charge in [0.25, 0.3) is 0 Å². The zero-order valence-electron chi connectivity index (χ0n) is 10.5. The molecule has 4 nitrogen and oxygen atoms in total. The summed E-state index contributed by atoms with van der Waals surface area (Å²) in [6.07, 6.45) is 6.24. The van der Waals surface area contributed by atoms with E-state index >= 15 is 0 Å². The maximum Gasteiger partial charge on any atom is 1.00 e. The van der Waals surface area contributed by atoms with Crippen LogP contribution in [0.1, 0.15) is 45.4 Å². The van der Waals surface area contributed by atoms with Gasteiger partial charge in [-0.1, -0.05) is 32.6 Å². The smallest absolute Gasteiger partial charge is 0.565 e. The van der Waals surface area contributed by atoms with Crippen LogP contribution in [0, 0.1) is 6.61 Å². The number of esters is 1. The van der Waals surface area contributed by atoms with Crippen LogP contribution in [0.3, 0.4) is 0 Å². The first-order valence-corrected chi connectivity index (χ1v) is 6.13. The van der Waals surface area contributed by atoms with Crippen LogP contribution in [-0.2, 0) is 26.6 Å². The van der Waals surface area contributed by atoms with Gasteiger partial charge in [0.1, 0.15) is 6.61 Å². The van der Waals surface area contributed by atoms with Gasteiger partial charge in [0, 0.05) is 13.0 Å². The molecule has 5 heteroatoms. The van der Waals surface area contributed by atoms with E-state index in [1.54, 1.807) is 0 Å². The van der Waals surface area contributed by atoms with E-state index in [4.69, 9.17) is 9.84 Å². The number of ether oxygens (including phenoxy) is 1. The van der Waals surface area contributed by atoms with Gasteiger partial charge in [-0.15, -0.1) is 6.54 Å². The Morgan fingerprint density at radius 1 is 1.29 bits per heavy atom. The van der Waals surface area contributed by atoms with E-state index in [2.05, 4.69) is 12.2 Å². The summed E-state index contributed by atoms with van der Waals surface area (Å²) in [5.74, 6) is -0.119. The molecule has 0 aliphatic heterocycles. The molecule has 0 atom stereocenters. The Morgan fingerprint density at radius 2 is 2.00 bits per heavy atom. The fraction of sp³-hybridized carbons (Fsp3) is 0.833. The second kappa shape index (κ2) is 15.9. The number of unbranched alkanes of at least 4 members (excludes halogenated alkanes) is 4. The Balaban J connectivity index is 0. The summed E-state index contributed by atoms with van der Waals surface area (Å²) in [6.45, 7) is 4.59. The van der Waals surface area contributed by atoms with Crippen molar-refractivity contribution in [1.29, 1.82) is 0 Å². The zero-order chi connectivity index (χ0) is 12.1. The molecule has 0 saturated carbocycles. The fourth-order valence-electron chi connectivity index (χ4n) is 1.35. The van der Waals surface area contributed by atoms with Crippen molar-refractivity contribution in [3.8, 4) is 0 Å². The van der Waals surface area contributed by atoms with Gasteiger partial charge in [-0.3, -0.25) is 4.79 Å². The third-order valence-corrected chi connectivity index (χ3v) is 2.26. The predicted molar refractivity (Wildman–Crippen MR) is 63.4 cm³/mol. The number of carbonyl (C=O) groups excluding carboxylic acids is 1. The molecule has 0 saturated heterocycles. The minimum atomic E-state index is -0.119. The molecule has 0 amide bonds. The minimum Gasteiger partial charge on any atom is -0.565 e. The summed E-state index contributed by atoms with van der Waals surface area (Å²) in [4.78, 5) is 11.2. The molecule has 0 aromatic carbocycles. The molecule has 2 N–H and O–H groups in total. The third kappa shape index (κ3) is 15.9. The molecule has 0 aliphatic carbocycles. The van der Waals surface area contributed by atoms with Crippen LogP contribution < -0.4 is 5.32 Å². The first-order valence-electron chi connectivity index (χ1n) is 6.13. The summed E-state index contributed by atoms with van der Waals surface area (Å²) in [5.41, 5.74) is 0. The van der Waals surface area contributed by atoms with E-state index in [1.165, 1.54) is 19.3 Å². The first kappa shape index (κ1) is 19.3. The minimum absolute atomic E-state index is 0. The molecule has 0 bridgehead atoms. The van der Waals surface area contributed by atoms with Gasteiger partial charge < -0.3 is 15.2 Å². The van der Waals surface area contributed by atoms with E-state index in [9.17, 15) is 4.79 Å². The quantitative estimate of drug-likeness (QED) is 0.265. The molecule has 0 aromatic heterocycles. The molecule has 0 fully saturated rings. The van der Waals surface area contributed by atoms with E-state index in [1.807, 2.05) is 0 Å². The van der Waals surface area contributed by atoms with Crippen molar-refractivity contribution in [2.24, 2.45) is 0 Å². The fourth-order valence-corrected chi connectivity index (χ4v) is 1.35. The van der Waals surface area contributed by atoms with Gasteiger partial charge in [0.2, 0.25) is 0 Å². The number of hydrogen-bond acceptors (Lipinski definition) is 4. The molecule has 0 spiro atoms.